The van der Waals surface area contributed by atoms with E-state index in [1.54, 1.807) is 51.2 Å². The van der Waals surface area contributed by atoms with Gasteiger partial charge in [0.1, 0.15) is 28.8 Å². The second-order valence-corrected chi connectivity index (χ2v) is 11.9. The van der Waals surface area contributed by atoms with Crippen molar-refractivity contribution in [1.82, 2.24) is 26.3 Å². The SMILES string of the molecule is COC(=O)[C@H](Cc1c[nH]c2ccccc12)NC(=O)[C@H](CCCN/C(N)=N/[N+](=O)[O-])NC(=O)[C@@H](Cc1ccccc1)NC(=O)OC(C)(C)C. The number of nitro groups is 1. The Morgan fingerprint density at radius 3 is 2.25 bits per heavy atom. The molecular weight excluding hydrogens is 624 g/mol. The van der Waals surface area contributed by atoms with E-state index in [1.807, 2.05) is 30.3 Å². The number of H-pyrrole nitrogens is 1. The number of alkyl carbamates (subject to hydrolysis) is 1. The average Bonchev–Trinajstić information content (AvgIpc) is 3.43. The molecule has 3 rings (SSSR count). The number of nitrogens with one attached hydrogen (secondary N) is 5. The van der Waals surface area contributed by atoms with Crippen LogP contribution in [0.5, 0.6) is 0 Å². The van der Waals surface area contributed by atoms with Crippen molar-refractivity contribution < 1.29 is 33.7 Å². The van der Waals surface area contributed by atoms with Gasteiger partial charge in [-0.3, -0.25) is 9.59 Å². The smallest absolute Gasteiger partial charge is 0.408 e. The molecule has 0 bridgehead atoms. The highest BCUT2D eigenvalue weighted by atomic mass is 16.7. The zero-order chi connectivity index (χ0) is 35.3. The molecule has 1 heterocycles. The summed E-state index contributed by atoms with van der Waals surface area (Å²) in [5, 5.41) is 24.0. The van der Waals surface area contributed by atoms with Crippen LogP contribution in [0, 0.1) is 10.1 Å². The number of guanidine groups is 1. The number of aromatic nitrogens is 1. The van der Waals surface area contributed by atoms with E-state index in [9.17, 15) is 29.3 Å². The number of amides is 3. The molecule has 3 atom stereocenters. The van der Waals surface area contributed by atoms with Gasteiger partial charge in [0, 0.05) is 36.5 Å². The lowest BCUT2D eigenvalue weighted by Gasteiger charge is -2.26. The van der Waals surface area contributed by atoms with Crippen LogP contribution < -0.4 is 27.0 Å². The molecule has 0 saturated heterocycles. The van der Waals surface area contributed by atoms with Gasteiger partial charge in [-0.15, -0.1) is 0 Å². The lowest BCUT2D eigenvalue weighted by Crippen LogP contribution is -2.57. The first kappa shape index (κ1) is 36.8. The summed E-state index contributed by atoms with van der Waals surface area (Å²) < 4.78 is 10.3. The van der Waals surface area contributed by atoms with Crippen molar-refractivity contribution >= 4 is 40.7 Å². The zero-order valence-corrected chi connectivity index (χ0v) is 27.3. The number of methoxy groups -OCH3 is 1. The topological polar surface area (TPSA) is 232 Å². The molecule has 258 valence electrons. The molecule has 3 amide bonds. The summed E-state index contributed by atoms with van der Waals surface area (Å²) in [6.07, 6.45) is 1.30. The number of hydrazone groups is 1. The third kappa shape index (κ3) is 11.9. The predicted molar refractivity (Wildman–Crippen MR) is 177 cm³/mol. The van der Waals surface area contributed by atoms with E-state index >= 15 is 0 Å². The molecule has 0 aliphatic carbocycles. The van der Waals surface area contributed by atoms with Crippen LogP contribution in [0.4, 0.5) is 4.79 Å². The number of para-hydroxylation sites is 1. The van der Waals surface area contributed by atoms with Gasteiger partial charge in [0.15, 0.2) is 5.03 Å². The molecule has 0 radical (unpaired) electrons. The standard InChI is InChI=1S/C32H42N8O8/c1-32(2,3)48-31(44)38-25(17-20-11-6-5-7-12-20)28(42)36-24(15-10-16-34-30(33)39-40(45)46)27(41)37-26(29(43)47-4)18-21-19-35-23-14-9-8-13-22(21)23/h5-9,11-14,19,24-26,35H,10,15-18H2,1-4H3,(H,36,42)(H,37,41)(H,38,44)(H3,33,34,39)/t24-,25+,26-/m0/s1. The normalized spacial score (nSPS) is 13.5. The number of aromatic amines is 1. The van der Waals surface area contributed by atoms with Gasteiger partial charge in [-0.05, 0) is 50.8 Å². The molecule has 0 fully saturated rings. The minimum atomic E-state index is -1.21. The van der Waals surface area contributed by atoms with Crippen LogP contribution in [0.25, 0.3) is 10.9 Å². The molecule has 16 heteroatoms. The molecular formula is C32H42N8O8. The zero-order valence-electron chi connectivity index (χ0n) is 27.3. The first-order valence-electron chi connectivity index (χ1n) is 15.2. The van der Waals surface area contributed by atoms with Crippen molar-refractivity contribution in [2.45, 2.75) is 70.2 Å². The Morgan fingerprint density at radius 1 is 0.938 bits per heavy atom. The molecule has 7 N–H and O–H groups in total. The summed E-state index contributed by atoms with van der Waals surface area (Å²) in [7, 11) is 1.20. The lowest BCUT2D eigenvalue weighted by molar-refractivity contribution is -0.485. The van der Waals surface area contributed by atoms with Crippen LogP contribution in [-0.2, 0) is 36.7 Å². The fraction of sp³-hybridized carbons (Fsp3) is 0.406. The second kappa shape index (κ2) is 17.3. The number of carbonyl (C=O) groups is 4. The summed E-state index contributed by atoms with van der Waals surface area (Å²) in [6.45, 7) is 5.13. The quantitative estimate of drug-likeness (QED) is 0.0344. The highest BCUT2D eigenvalue weighted by Gasteiger charge is 2.31. The Kier molecular flexibility index (Phi) is 13.3. The molecule has 0 aliphatic heterocycles. The van der Waals surface area contributed by atoms with Crippen LogP contribution >= 0.6 is 0 Å². The Labute approximate surface area is 277 Å². The van der Waals surface area contributed by atoms with E-state index < -0.39 is 58.6 Å². The molecule has 0 aliphatic rings. The Balaban J connectivity index is 1.84. The third-order valence-corrected chi connectivity index (χ3v) is 6.99. The van der Waals surface area contributed by atoms with Crippen molar-refractivity contribution in [2.75, 3.05) is 13.7 Å². The second-order valence-electron chi connectivity index (χ2n) is 11.9. The van der Waals surface area contributed by atoms with Gasteiger partial charge < -0.3 is 41.5 Å². The number of carbonyl (C=O) groups excluding carboxylic acids is 4. The van der Waals surface area contributed by atoms with Crippen molar-refractivity contribution in [3.05, 3.63) is 82.0 Å². The van der Waals surface area contributed by atoms with Gasteiger partial charge in [-0.1, -0.05) is 48.5 Å². The maximum Gasteiger partial charge on any atom is 0.408 e. The molecule has 48 heavy (non-hydrogen) atoms. The summed E-state index contributed by atoms with van der Waals surface area (Å²) >= 11 is 0. The molecule has 2 aromatic carbocycles. The minimum absolute atomic E-state index is 0.0157. The summed E-state index contributed by atoms with van der Waals surface area (Å²) in [5.41, 5.74) is 7.01. The molecule has 0 spiro atoms. The van der Waals surface area contributed by atoms with Gasteiger partial charge in [0.2, 0.25) is 11.8 Å². The van der Waals surface area contributed by atoms with E-state index in [2.05, 4.69) is 31.4 Å². The van der Waals surface area contributed by atoms with Gasteiger partial charge in [-0.25, -0.2) is 19.7 Å². The van der Waals surface area contributed by atoms with Crippen LogP contribution in [0.15, 0.2) is 65.9 Å². The van der Waals surface area contributed by atoms with Crippen LogP contribution in [0.2, 0.25) is 0 Å². The van der Waals surface area contributed by atoms with Gasteiger partial charge in [-0.2, -0.15) is 0 Å². The van der Waals surface area contributed by atoms with E-state index in [-0.39, 0.29) is 32.2 Å². The number of ether oxygens (including phenoxy) is 2. The number of rotatable bonds is 15. The highest BCUT2D eigenvalue weighted by Crippen LogP contribution is 2.19. The summed E-state index contributed by atoms with van der Waals surface area (Å²) in [5.74, 6) is -2.50. The molecule has 16 nitrogen and oxygen atoms in total. The predicted octanol–water partition coefficient (Wildman–Crippen LogP) is 1.87. The summed E-state index contributed by atoms with van der Waals surface area (Å²) in [6, 6.07) is 13.0. The van der Waals surface area contributed by atoms with Gasteiger partial charge >= 0.3 is 12.1 Å². The fourth-order valence-corrected chi connectivity index (χ4v) is 4.82. The highest BCUT2D eigenvalue weighted by molar-refractivity contribution is 5.93. The number of nitrogens with two attached hydrogens (primary N) is 1. The Morgan fingerprint density at radius 2 is 1.58 bits per heavy atom. The van der Waals surface area contributed by atoms with Crippen molar-refractivity contribution in [1.29, 1.82) is 0 Å². The number of fused-ring (bicyclic) bond motifs is 1. The lowest BCUT2D eigenvalue weighted by atomic mass is 10.0. The maximum absolute atomic E-state index is 13.8. The van der Waals surface area contributed by atoms with Crippen molar-refractivity contribution in [3.63, 3.8) is 0 Å². The average molecular weight is 667 g/mol. The first-order valence-corrected chi connectivity index (χ1v) is 15.2. The monoisotopic (exact) mass is 666 g/mol. The number of hydrogen-bond acceptors (Lipinski definition) is 8. The number of nitrogens with zero attached hydrogens (tertiary/aromatic N) is 2. The molecule has 1 aromatic heterocycles. The first-order chi connectivity index (χ1) is 22.8. The largest absolute Gasteiger partial charge is 0.467 e. The van der Waals surface area contributed by atoms with E-state index in [0.717, 1.165) is 22.0 Å². The van der Waals surface area contributed by atoms with Crippen LogP contribution in [-0.4, -0.2) is 77.2 Å². The fourth-order valence-electron chi connectivity index (χ4n) is 4.82. The molecule has 0 saturated carbocycles. The van der Waals surface area contributed by atoms with E-state index in [4.69, 9.17) is 15.2 Å². The van der Waals surface area contributed by atoms with Gasteiger partial charge in [0.25, 0.3) is 5.96 Å². The van der Waals surface area contributed by atoms with Crippen molar-refractivity contribution in [2.24, 2.45) is 10.8 Å². The summed E-state index contributed by atoms with van der Waals surface area (Å²) in [4.78, 5) is 66.7. The number of hydrogen-bond donors (Lipinski definition) is 6. The van der Waals surface area contributed by atoms with Gasteiger partial charge in [0.05, 0.1) is 7.11 Å². The van der Waals surface area contributed by atoms with E-state index in [0.29, 0.717) is 0 Å². The van der Waals surface area contributed by atoms with E-state index in [1.165, 1.54) is 7.11 Å². The molecule has 0 unspecified atom stereocenters. The number of benzene rings is 2. The Bertz CT molecular complexity index is 1600. The third-order valence-electron chi connectivity index (χ3n) is 6.99. The van der Waals surface area contributed by atoms with Crippen LogP contribution in [0.3, 0.4) is 0 Å². The molecule has 3 aromatic rings. The minimum Gasteiger partial charge on any atom is -0.467 e. The van der Waals surface area contributed by atoms with Crippen LogP contribution in [0.1, 0.15) is 44.7 Å². The Hall–Kier alpha value is -5.67. The maximum atomic E-state index is 13.8. The number of esters is 1. The van der Waals surface area contributed by atoms with Crippen molar-refractivity contribution in [3.8, 4) is 0 Å².